The van der Waals surface area contributed by atoms with Crippen LogP contribution in [0.5, 0.6) is 0 Å². The first kappa shape index (κ1) is 18.0. The number of amides is 1. The zero-order valence-electron chi connectivity index (χ0n) is 13.9. The van der Waals surface area contributed by atoms with Gasteiger partial charge in [0, 0.05) is 38.6 Å². The van der Waals surface area contributed by atoms with Crippen molar-refractivity contribution in [1.29, 1.82) is 0 Å². The summed E-state index contributed by atoms with van der Waals surface area (Å²) in [6.45, 7) is 2.29. The molecule has 3 N–H and O–H groups in total. The molecule has 2 aromatic rings. The molecule has 0 aliphatic rings. The molecule has 0 aliphatic heterocycles. The molecule has 2 rings (SSSR count). The van der Waals surface area contributed by atoms with E-state index in [1.54, 1.807) is 14.0 Å². The molecular weight excluding hydrogens is 328 g/mol. The SMILES string of the molecule is CC(CN(C)c1ccccc1)NS(=O)(=O)c1cc(C(N)=O)n(C)c1. The van der Waals surface area contributed by atoms with Gasteiger partial charge < -0.3 is 15.2 Å². The number of nitrogens with two attached hydrogens (primary N) is 1. The van der Waals surface area contributed by atoms with Crippen molar-refractivity contribution >= 4 is 21.6 Å². The molecule has 7 nitrogen and oxygen atoms in total. The number of aromatic nitrogens is 1. The Bertz CT molecular complexity index is 815. The van der Waals surface area contributed by atoms with Crippen LogP contribution in [0.1, 0.15) is 17.4 Å². The van der Waals surface area contributed by atoms with Crippen molar-refractivity contribution in [2.24, 2.45) is 12.8 Å². The van der Waals surface area contributed by atoms with E-state index in [4.69, 9.17) is 5.73 Å². The van der Waals surface area contributed by atoms with Gasteiger partial charge in [0.05, 0.1) is 0 Å². The number of rotatable bonds is 7. The number of sulfonamides is 1. The number of nitrogens with one attached hydrogen (secondary N) is 1. The Morgan fingerprint density at radius 2 is 1.96 bits per heavy atom. The molecule has 1 amide bonds. The number of hydrogen-bond acceptors (Lipinski definition) is 4. The lowest BCUT2D eigenvalue weighted by Gasteiger charge is -2.23. The van der Waals surface area contributed by atoms with Crippen LogP contribution in [0.2, 0.25) is 0 Å². The van der Waals surface area contributed by atoms with Gasteiger partial charge in [-0.25, -0.2) is 13.1 Å². The van der Waals surface area contributed by atoms with Crippen molar-refractivity contribution in [3.8, 4) is 0 Å². The van der Waals surface area contributed by atoms with E-state index >= 15 is 0 Å². The molecule has 1 unspecified atom stereocenters. The van der Waals surface area contributed by atoms with Crippen LogP contribution in [-0.4, -0.2) is 38.5 Å². The summed E-state index contributed by atoms with van der Waals surface area (Å²) in [6, 6.07) is 10.6. The second-order valence-corrected chi connectivity index (χ2v) is 7.49. The second-order valence-electron chi connectivity index (χ2n) is 5.77. The Balaban J connectivity index is 2.08. The number of para-hydroxylation sites is 1. The maximum Gasteiger partial charge on any atom is 0.265 e. The minimum absolute atomic E-state index is 0.0213. The third-order valence-corrected chi connectivity index (χ3v) is 5.20. The standard InChI is InChI=1S/C16H22N4O3S/c1-12(10-19(2)13-7-5-4-6-8-13)18-24(22,23)14-9-15(16(17)21)20(3)11-14/h4-9,11-12,18H,10H2,1-3H3,(H2,17,21). The van der Waals surface area contributed by atoms with Crippen LogP contribution < -0.4 is 15.4 Å². The number of likely N-dealkylation sites (N-methyl/N-ethyl adjacent to an activating group) is 1. The van der Waals surface area contributed by atoms with Crippen LogP contribution in [0.15, 0.2) is 47.5 Å². The molecule has 0 saturated carbocycles. The Labute approximate surface area is 142 Å². The van der Waals surface area contributed by atoms with Gasteiger partial charge in [-0.3, -0.25) is 4.79 Å². The Kier molecular flexibility index (Phi) is 5.30. The maximum atomic E-state index is 12.5. The van der Waals surface area contributed by atoms with Crippen LogP contribution >= 0.6 is 0 Å². The number of carbonyl (C=O) groups excluding carboxylic acids is 1. The van der Waals surface area contributed by atoms with Crippen molar-refractivity contribution < 1.29 is 13.2 Å². The topological polar surface area (TPSA) is 97.4 Å². The fourth-order valence-corrected chi connectivity index (χ4v) is 3.80. The number of nitrogens with zero attached hydrogens (tertiary/aromatic N) is 2. The van der Waals surface area contributed by atoms with Gasteiger partial charge in [-0.15, -0.1) is 0 Å². The van der Waals surface area contributed by atoms with E-state index in [0.717, 1.165) is 5.69 Å². The summed E-state index contributed by atoms with van der Waals surface area (Å²) in [4.78, 5) is 13.3. The van der Waals surface area contributed by atoms with Crippen molar-refractivity contribution in [3.05, 3.63) is 48.3 Å². The summed E-state index contributed by atoms with van der Waals surface area (Å²) in [5, 5.41) is 0. The highest BCUT2D eigenvalue weighted by Crippen LogP contribution is 2.15. The summed E-state index contributed by atoms with van der Waals surface area (Å²) < 4.78 is 28.9. The number of hydrogen-bond donors (Lipinski definition) is 2. The van der Waals surface area contributed by atoms with Gasteiger partial charge >= 0.3 is 0 Å². The zero-order valence-corrected chi connectivity index (χ0v) is 14.7. The van der Waals surface area contributed by atoms with Crippen molar-refractivity contribution in [3.63, 3.8) is 0 Å². The number of primary amides is 1. The van der Waals surface area contributed by atoms with Crippen LogP contribution in [0, 0.1) is 0 Å². The van der Waals surface area contributed by atoms with E-state index in [1.807, 2.05) is 42.3 Å². The lowest BCUT2D eigenvalue weighted by molar-refractivity contribution is 0.0992. The van der Waals surface area contributed by atoms with Gasteiger partial charge in [0.15, 0.2) is 0 Å². The van der Waals surface area contributed by atoms with Crippen LogP contribution in [0.4, 0.5) is 5.69 Å². The van der Waals surface area contributed by atoms with E-state index in [0.29, 0.717) is 6.54 Å². The minimum Gasteiger partial charge on any atom is -0.373 e. The van der Waals surface area contributed by atoms with E-state index in [-0.39, 0.29) is 16.6 Å². The highest BCUT2D eigenvalue weighted by molar-refractivity contribution is 7.89. The Hall–Kier alpha value is -2.32. The van der Waals surface area contributed by atoms with Crippen LogP contribution in [0.3, 0.4) is 0 Å². The maximum absolute atomic E-state index is 12.5. The molecule has 1 atom stereocenters. The predicted octanol–water partition coefficient (Wildman–Crippen LogP) is 0.927. The lowest BCUT2D eigenvalue weighted by atomic mass is 10.2. The zero-order chi connectivity index (χ0) is 17.9. The third kappa shape index (κ3) is 4.15. The minimum atomic E-state index is -3.73. The Morgan fingerprint density at radius 3 is 2.50 bits per heavy atom. The summed E-state index contributed by atoms with van der Waals surface area (Å²) in [5.74, 6) is -0.671. The van der Waals surface area contributed by atoms with Gasteiger partial charge in [0.2, 0.25) is 10.0 Å². The first-order valence-corrected chi connectivity index (χ1v) is 8.93. The van der Waals surface area contributed by atoms with Gasteiger partial charge in [0.1, 0.15) is 10.6 Å². The molecule has 1 heterocycles. The summed E-state index contributed by atoms with van der Waals surface area (Å²) in [6.07, 6.45) is 1.37. The van der Waals surface area contributed by atoms with Crippen LogP contribution in [-0.2, 0) is 17.1 Å². The molecule has 130 valence electrons. The van der Waals surface area contributed by atoms with E-state index in [1.165, 1.54) is 16.8 Å². The highest BCUT2D eigenvalue weighted by Gasteiger charge is 2.22. The highest BCUT2D eigenvalue weighted by atomic mass is 32.2. The number of benzene rings is 1. The molecule has 0 saturated heterocycles. The lowest BCUT2D eigenvalue weighted by Crippen LogP contribution is -2.40. The van der Waals surface area contributed by atoms with Crippen molar-refractivity contribution in [1.82, 2.24) is 9.29 Å². The smallest absolute Gasteiger partial charge is 0.265 e. The average molecular weight is 350 g/mol. The second kappa shape index (κ2) is 7.06. The molecule has 0 spiro atoms. The monoisotopic (exact) mass is 350 g/mol. The van der Waals surface area contributed by atoms with Gasteiger partial charge in [-0.2, -0.15) is 0 Å². The summed E-state index contributed by atoms with van der Waals surface area (Å²) in [7, 11) is -0.256. The fraction of sp³-hybridized carbons (Fsp3) is 0.312. The van der Waals surface area contributed by atoms with Gasteiger partial charge in [-0.1, -0.05) is 18.2 Å². The molecule has 8 heteroatoms. The number of aryl methyl sites for hydroxylation is 1. The summed E-state index contributed by atoms with van der Waals surface area (Å²) >= 11 is 0. The van der Waals surface area contributed by atoms with E-state index in [2.05, 4.69) is 4.72 Å². The van der Waals surface area contributed by atoms with E-state index < -0.39 is 15.9 Å². The fourth-order valence-electron chi connectivity index (χ4n) is 2.49. The van der Waals surface area contributed by atoms with Gasteiger partial charge in [0.25, 0.3) is 5.91 Å². The number of carbonyl (C=O) groups is 1. The molecular formula is C16H22N4O3S. The molecule has 1 aromatic carbocycles. The number of anilines is 1. The third-order valence-electron chi connectivity index (χ3n) is 3.64. The van der Waals surface area contributed by atoms with Crippen molar-refractivity contribution in [2.75, 3.05) is 18.5 Å². The van der Waals surface area contributed by atoms with Gasteiger partial charge in [-0.05, 0) is 25.1 Å². The first-order chi connectivity index (χ1) is 11.2. The molecule has 0 bridgehead atoms. The first-order valence-electron chi connectivity index (χ1n) is 7.45. The van der Waals surface area contributed by atoms with Crippen molar-refractivity contribution in [2.45, 2.75) is 17.9 Å². The summed E-state index contributed by atoms with van der Waals surface area (Å²) in [5.41, 5.74) is 6.36. The molecule has 0 fully saturated rings. The van der Waals surface area contributed by atoms with Crippen LogP contribution in [0.25, 0.3) is 0 Å². The predicted molar refractivity (Wildman–Crippen MR) is 93.4 cm³/mol. The largest absolute Gasteiger partial charge is 0.373 e. The Morgan fingerprint density at radius 1 is 1.33 bits per heavy atom. The molecule has 0 aliphatic carbocycles. The quantitative estimate of drug-likeness (QED) is 0.776. The molecule has 24 heavy (non-hydrogen) atoms. The normalized spacial score (nSPS) is 12.8. The molecule has 0 radical (unpaired) electrons. The molecule has 1 aromatic heterocycles. The average Bonchev–Trinajstić information content (AvgIpc) is 2.90. The van der Waals surface area contributed by atoms with E-state index in [9.17, 15) is 13.2 Å².